The summed E-state index contributed by atoms with van der Waals surface area (Å²) in [6, 6.07) is 9.90. The van der Waals surface area contributed by atoms with E-state index >= 15 is 0 Å². The zero-order valence-electron chi connectivity index (χ0n) is 11.7. The third-order valence-electron chi connectivity index (χ3n) is 2.75. The molecule has 0 spiro atoms. The van der Waals surface area contributed by atoms with Crippen LogP contribution in [0.4, 0.5) is 5.13 Å². The molecule has 1 heterocycles. The average Bonchev–Trinajstić information content (AvgIpc) is 2.96. The van der Waals surface area contributed by atoms with Crippen molar-refractivity contribution in [2.45, 2.75) is 12.8 Å². The molecule has 2 aromatic rings. The SMILES string of the molecule is C=CCOCCCC(=O)Nc1nc(-c2ccccc2)cs1. The van der Waals surface area contributed by atoms with Gasteiger partial charge in [0.2, 0.25) is 5.91 Å². The number of carbonyl (C=O) groups is 1. The largest absolute Gasteiger partial charge is 0.377 e. The first-order valence-corrected chi connectivity index (χ1v) is 7.67. The Balaban J connectivity index is 1.80. The van der Waals surface area contributed by atoms with Gasteiger partial charge in [0.1, 0.15) is 0 Å². The second-order valence-corrected chi connectivity index (χ2v) is 5.28. The van der Waals surface area contributed by atoms with Crippen molar-refractivity contribution in [3.8, 4) is 11.3 Å². The Labute approximate surface area is 128 Å². The van der Waals surface area contributed by atoms with E-state index in [0.29, 0.717) is 31.2 Å². The van der Waals surface area contributed by atoms with Crippen LogP contribution in [-0.2, 0) is 9.53 Å². The van der Waals surface area contributed by atoms with Gasteiger partial charge in [0.05, 0.1) is 12.3 Å². The number of amides is 1. The van der Waals surface area contributed by atoms with E-state index < -0.39 is 0 Å². The van der Waals surface area contributed by atoms with E-state index in [1.165, 1.54) is 11.3 Å². The number of thiazole rings is 1. The minimum absolute atomic E-state index is 0.0360. The van der Waals surface area contributed by atoms with Crippen molar-refractivity contribution >= 4 is 22.4 Å². The predicted molar refractivity (Wildman–Crippen MR) is 86.4 cm³/mol. The molecule has 1 aromatic heterocycles. The van der Waals surface area contributed by atoms with Crippen LogP contribution in [0.25, 0.3) is 11.3 Å². The van der Waals surface area contributed by atoms with Gasteiger partial charge in [0.25, 0.3) is 0 Å². The van der Waals surface area contributed by atoms with Crippen molar-refractivity contribution in [3.63, 3.8) is 0 Å². The van der Waals surface area contributed by atoms with Crippen LogP contribution < -0.4 is 5.32 Å². The number of hydrogen-bond donors (Lipinski definition) is 1. The molecule has 0 aliphatic carbocycles. The number of benzene rings is 1. The number of anilines is 1. The lowest BCUT2D eigenvalue weighted by Gasteiger charge is -2.02. The smallest absolute Gasteiger partial charge is 0.226 e. The lowest BCUT2D eigenvalue weighted by Crippen LogP contribution is -2.12. The fourth-order valence-corrected chi connectivity index (χ4v) is 2.49. The van der Waals surface area contributed by atoms with E-state index in [4.69, 9.17) is 4.74 Å². The molecule has 4 nitrogen and oxygen atoms in total. The number of aromatic nitrogens is 1. The first kappa shape index (κ1) is 15.4. The fourth-order valence-electron chi connectivity index (χ4n) is 1.76. The van der Waals surface area contributed by atoms with Crippen LogP contribution in [0.1, 0.15) is 12.8 Å². The third kappa shape index (κ3) is 5.13. The molecule has 1 N–H and O–H groups in total. The molecule has 0 aliphatic rings. The summed E-state index contributed by atoms with van der Waals surface area (Å²) in [5, 5.41) is 5.39. The van der Waals surface area contributed by atoms with Gasteiger partial charge in [-0.2, -0.15) is 0 Å². The highest BCUT2D eigenvalue weighted by Crippen LogP contribution is 2.24. The molecule has 1 aromatic carbocycles. The molecule has 0 saturated heterocycles. The summed E-state index contributed by atoms with van der Waals surface area (Å²) in [7, 11) is 0. The van der Waals surface area contributed by atoms with Gasteiger partial charge in [-0.3, -0.25) is 4.79 Å². The number of nitrogens with one attached hydrogen (secondary N) is 1. The normalized spacial score (nSPS) is 10.3. The highest BCUT2D eigenvalue weighted by Gasteiger charge is 2.07. The highest BCUT2D eigenvalue weighted by atomic mass is 32.1. The summed E-state index contributed by atoms with van der Waals surface area (Å²) in [4.78, 5) is 16.2. The van der Waals surface area contributed by atoms with Crippen molar-refractivity contribution in [2.75, 3.05) is 18.5 Å². The van der Waals surface area contributed by atoms with E-state index in [2.05, 4.69) is 16.9 Å². The molecule has 0 fully saturated rings. The number of carbonyl (C=O) groups excluding carboxylic acids is 1. The Morgan fingerprint density at radius 2 is 2.19 bits per heavy atom. The molecule has 0 bridgehead atoms. The molecule has 1 amide bonds. The molecule has 5 heteroatoms. The predicted octanol–water partition coefficient (Wildman–Crippen LogP) is 3.73. The Morgan fingerprint density at radius 3 is 2.95 bits per heavy atom. The van der Waals surface area contributed by atoms with Gasteiger partial charge in [0.15, 0.2) is 5.13 Å². The molecule has 0 unspecified atom stereocenters. The maximum atomic E-state index is 11.8. The Bertz CT molecular complexity index is 581. The third-order valence-corrected chi connectivity index (χ3v) is 3.51. The van der Waals surface area contributed by atoms with E-state index in [1.54, 1.807) is 6.08 Å². The van der Waals surface area contributed by atoms with Crippen LogP contribution >= 0.6 is 11.3 Å². The summed E-state index contributed by atoms with van der Waals surface area (Å²) in [6.45, 7) is 4.65. The van der Waals surface area contributed by atoms with Crippen molar-refractivity contribution in [2.24, 2.45) is 0 Å². The topological polar surface area (TPSA) is 51.2 Å². The van der Waals surface area contributed by atoms with Gasteiger partial charge in [-0.05, 0) is 6.42 Å². The maximum Gasteiger partial charge on any atom is 0.226 e. The molecule has 110 valence electrons. The maximum absolute atomic E-state index is 11.8. The molecule has 0 aliphatic heterocycles. The van der Waals surface area contributed by atoms with Crippen molar-refractivity contribution in [1.82, 2.24) is 4.98 Å². The van der Waals surface area contributed by atoms with Crippen LogP contribution in [0.2, 0.25) is 0 Å². The van der Waals surface area contributed by atoms with Gasteiger partial charge in [-0.1, -0.05) is 36.4 Å². The minimum Gasteiger partial charge on any atom is -0.377 e. The van der Waals surface area contributed by atoms with Crippen LogP contribution in [-0.4, -0.2) is 24.1 Å². The van der Waals surface area contributed by atoms with Crippen molar-refractivity contribution in [1.29, 1.82) is 0 Å². The molecule has 2 rings (SSSR count). The van der Waals surface area contributed by atoms with Gasteiger partial charge < -0.3 is 10.1 Å². The molecule has 21 heavy (non-hydrogen) atoms. The molecular formula is C16H18N2O2S. The van der Waals surface area contributed by atoms with Crippen LogP contribution in [0, 0.1) is 0 Å². The average molecular weight is 302 g/mol. The summed E-state index contributed by atoms with van der Waals surface area (Å²) in [6.07, 6.45) is 2.81. The number of ether oxygens (including phenoxy) is 1. The van der Waals surface area contributed by atoms with Crippen LogP contribution in [0.3, 0.4) is 0 Å². The quantitative estimate of drug-likeness (QED) is 0.597. The lowest BCUT2D eigenvalue weighted by molar-refractivity contribution is -0.116. The molecular weight excluding hydrogens is 284 g/mol. The standard InChI is InChI=1S/C16H18N2O2S/c1-2-10-20-11-6-9-15(19)18-16-17-14(12-21-16)13-7-4-3-5-8-13/h2-5,7-8,12H,1,6,9-11H2,(H,17,18,19). The number of hydrogen-bond acceptors (Lipinski definition) is 4. The Kier molecular flexibility index (Phi) is 6.12. The minimum atomic E-state index is -0.0360. The van der Waals surface area contributed by atoms with E-state index in [1.807, 2.05) is 35.7 Å². The first-order valence-electron chi connectivity index (χ1n) is 6.79. The van der Waals surface area contributed by atoms with Gasteiger partial charge >= 0.3 is 0 Å². The van der Waals surface area contributed by atoms with Crippen molar-refractivity contribution < 1.29 is 9.53 Å². The Hall–Kier alpha value is -1.98. The Morgan fingerprint density at radius 1 is 1.38 bits per heavy atom. The number of nitrogens with zero attached hydrogens (tertiary/aromatic N) is 1. The summed E-state index contributed by atoms with van der Waals surface area (Å²) in [5.74, 6) is -0.0360. The van der Waals surface area contributed by atoms with E-state index in [9.17, 15) is 4.79 Å². The fraction of sp³-hybridized carbons (Fsp3) is 0.250. The molecule has 0 saturated carbocycles. The van der Waals surface area contributed by atoms with Crippen molar-refractivity contribution in [3.05, 3.63) is 48.4 Å². The summed E-state index contributed by atoms with van der Waals surface area (Å²) < 4.78 is 5.23. The number of rotatable bonds is 8. The van der Waals surface area contributed by atoms with Crippen LogP contribution in [0.5, 0.6) is 0 Å². The summed E-state index contributed by atoms with van der Waals surface area (Å²) >= 11 is 1.43. The zero-order chi connectivity index (χ0) is 14.9. The van der Waals surface area contributed by atoms with Gasteiger partial charge in [-0.25, -0.2) is 4.98 Å². The zero-order valence-corrected chi connectivity index (χ0v) is 12.6. The lowest BCUT2D eigenvalue weighted by atomic mass is 10.2. The van der Waals surface area contributed by atoms with Gasteiger partial charge in [0, 0.05) is 24.0 Å². The highest BCUT2D eigenvalue weighted by molar-refractivity contribution is 7.14. The molecule has 0 radical (unpaired) electrons. The second kappa shape index (κ2) is 8.34. The first-order chi connectivity index (χ1) is 10.3. The van der Waals surface area contributed by atoms with E-state index in [0.717, 1.165) is 11.3 Å². The second-order valence-electron chi connectivity index (χ2n) is 4.42. The monoisotopic (exact) mass is 302 g/mol. The molecule has 0 atom stereocenters. The van der Waals surface area contributed by atoms with Gasteiger partial charge in [-0.15, -0.1) is 17.9 Å². The van der Waals surface area contributed by atoms with E-state index in [-0.39, 0.29) is 5.91 Å². The van der Waals surface area contributed by atoms with Crippen LogP contribution in [0.15, 0.2) is 48.4 Å². The summed E-state index contributed by atoms with van der Waals surface area (Å²) in [5.41, 5.74) is 1.93.